The molecule has 3 rings (SSSR count). The van der Waals surface area contributed by atoms with Gasteiger partial charge in [-0.2, -0.15) is 5.10 Å². The van der Waals surface area contributed by atoms with Gasteiger partial charge in [0.15, 0.2) is 0 Å². The molecule has 0 aliphatic carbocycles. The molecule has 0 spiro atoms. The summed E-state index contributed by atoms with van der Waals surface area (Å²) in [5, 5.41) is 6.33. The van der Waals surface area contributed by atoms with Gasteiger partial charge in [-0.05, 0) is 24.6 Å². The van der Waals surface area contributed by atoms with Gasteiger partial charge in [0.1, 0.15) is 0 Å². The van der Waals surface area contributed by atoms with Crippen LogP contribution in [0.25, 0.3) is 10.9 Å². The number of para-hydroxylation sites is 1. The number of rotatable bonds is 3. The lowest BCUT2D eigenvalue weighted by Gasteiger charge is -2.23. The molecule has 0 radical (unpaired) electrons. The maximum absolute atomic E-state index is 6.33. The first-order chi connectivity index (χ1) is 9.68. The van der Waals surface area contributed by atoms with Crippen molar-refractivity contribution in [1.82, 2.24) is 9.78 Å². The minimum Gasteiger partial charge on any atom is -0.326 e. The molecule has 3 aromatic rings. The summed E-state index contributed by atoms with van der Waals surface area (Å²) in [6.45, 7) is 1.98. The van der Waals surface area contributed by atoms with E-state index in [-0.39, 0.29) is 12.1 Å². The molecular weight excluding hydrogens is 270 g/mol. The van der Waals surface area contributed by atoms with Crippen molar-refractivity contribution in [2.45, 2.75) is 19.0 Å². The summed E-state index contributed by atoms with van der Waals surface area (Å²) in [5.74, 6) is 0. The molecule has 1 heterocycles. The lowest BCUT2D eigenvalue weighted by Crippen LogP contribution is -2.31. The smallest absolute Gasteiger partial charge is 0.0938 e. The lowest BCUT2D eigenvalue weighted by molar-refractivity contribution is 0.466. The third-order valence-corrected chi connectivity index (χ3v) is 3.83. The highest BCUT2D eigenvalue weighted by molar-refractivity contribution is 6.31. The van der Waals surface area contributed by atoms with Crippen molar-refractivity contribution in [3.8, 4) is 0 Å². The second-order valence-corrected chi connectivity index (χ2v) is 5.38. The van der Waals surface area contributed by atoms with Gasteiger partial charge in [0.05, 0.1) is 17.8 Å². The summed E-state index contributed by atoms with van der Waals surface area (Å²) < 4.78 is 1.96. The van der Waals surface area contributed by atoms with Gasteiger partial charge in [-0.15, -0.1) is 0 Å². The van der Waals surface area contributed by atoms with E-state index < -0.39 is 0 Å². The van der Waals surface area contributed by atoms with Crippen LogP contribution in [0.15, 0.2) is 54.7 Å². The second kappa shape index (κ2) is 5.27. The van der Waals surface area contributed by atoms with E-state index >= 15 is 0 Å². The Bertz CT molecular complexity index is 733. The molecule has 0 saturated heterocycles. The summed E-state index contributed by atoms with van der Waals surface area (Å²) in [6, 6.07) is 15.7. The third kappa shape index (κ3) is 2.19. The molecule has 0 bridgehead atoms. The summed E-state index contributed by atoms with van der Waals surface area (Å²) in [6.07, 6.45) is 1.86. The molecule has 2 atom stereocenters. The highest BCUT2D eigenvalue weighted by Crippen LogP contribution is 2.30. The largest absolute Gasteiger partial charge is 0.326 e. The van der Waals surface area contributed by atoms with E-state index in [9.17, 15) is 0 Å². The van der Waals surface area contributed by atoms with E-state index in [1.807, 2.05) is 60.3 Å². The maximum Gasteiger partial charge on any atom is 0.0938 e. The fourth-order valence-electron chi connectivity index (χ4n) is 2.57. The highest BCUT2D eigenvalue weighted by atomic mass is 35.5. The lowest BCUT2D eigenvalue weighted by atomic mass is 10.0. The molecule has 0 amide bonds. The predicted molar refractivity (Wildman–Crippen MR) is 83.0 cm³/mol. The number of aromatic nitrogens is 2. The molecule has 2 unspecified atom stereocenters. The van der Waals surface area contributed by atoms with Crippen molar-refractivity contribution in [2.24, 2.45) is 5.73 Å². The van der Waals surface area contributed by atoms with E-state index in [1.54, 1.807) is 0 Å². The van der Waals surface area contributed by atoms with Gasteiger partial charge in [0, 0.05) is 16.5 Å². The Balaban J connectivity index is 2.19. The van der Waals surface area contributed by atoms with Crippen LogP contribution in [-0.2, 0) is 0 Å². The van der Waals surface area contributed by atoms with Crippen molar-refractivity contribution in [1.29, 1.82) is 0 Å². The Morgan fingerprint density at radius 1 is 1.10 bits per heavy atom. The molecule has 0 aliphatic rings. The number of hydrogen-bond donors (Lipinski definition) is 1. The van der Waals surface area contributed by atoms with E-state index in [2.05, 4.69) is 11.2 Å². The Morgan fingerprint density at radius 3 is 2.55 bits per heavy atom. The summed E-state index contributed by atoms with van der Waals surface area (Å²) >= 11 is 6.33. The molecular formula is C16H16ClN3. The zero-order valence-electron chi connectivity index (χ0n) is 11.2. The van der Waals surface area contributed by atoms with E-state index in [4.69, 9.17) is 17.3 Å². The molecule has 0 aliphatic heterocycles. The minimum atomic E-state index is -0.0989. The molecule has 0 saturated carbocycles. The SMILES string of the molecule is CC(N)C(c1ccccc1Cl)n1ncc2ccccc21. The van der Waals surface area contributed by atoms with Crippen LogP contribution in [0.5, 0.6) is 0 Å². The van der Waals surface area contributed by atoms with Gasteiger partial charge in [-0.1, -0.05) is 48.0 Å². The quantitative estimate of drug-likeness (QED) is 0.799. The van der Waals surface area contributed by atoms with E-state index in [0.717, 1.165) is 21.5 Å². The summed E-state index contributed by atoms with van der Waals surface area (Å²) in [7, 11) is 0. The summed E-state index contributed by atoms with van der Waals surface area (Å²) in [4.78, 5) is 0. The molecule has 102 valence electrons. The van der Waals surface area contributed by atoms with Crippen molar-refractivity contribution >= 4 is 22.5 Å². The Morgan fingerprint density at radius 2 is 1.80 bits per heavy atom. The van der Waals surface area contributed by atoms with Gasteiger partial charge < -0.3 is 5.73 Å². The molecule has 3 nitrogen and oxygen atoms in total. The van der Waals surface area contributed by atoms with Gasteiger partial charge >= 0.3 is 0 Å². The van der Waals surface area contributed by atoms with Gasteiger partial charge in [-0.25, -0.2) is 0 Å². The number of hydrogen-bond acceptors (Lipinski definition) is 2. The average molecular weight is 286 g/mol. The predicted octanol–water partition coefficient (Wildman–Crippen LogP) is 3.63. The molecule has 1 aromatic heterocycles. The minimum absolute atomic E-state index is 0.0800. The van der Waals surface area contributed by atoms with Crippen molar-refractivity contribution < 1.29 is 0 Å². The first-order valence-electron chi connectivity index (χ1n) is 6.61. The van der Waals surface area contributed by atoms with Gasteiger partial charge in [-0.3, -0.25) is 4.68 Å². The van der Waals surface area contributed by atoms with Crippen LogP contribution in [0.2, 0.25) is 5.02 Å². The zero-order chi connectivity index (χ0) is 14.1. The van der Waals surface area contributed by atoms with Crippen LogP contribution in [0.4, 0.5) is 0 Å². The molecule has 4 heteroatoms. The van der Waals surface area contributed by atoms with Crippen LogP contribution >= 0.6 is 11.6 Å². The first-order valence-corrected chi connectivity index (χ1v) is 6.98. The Labute approximate surface area is 123 Å². The number of fused-ring (bicyclic) bond motifs is 1. The van der Waals surface area contributed by atoms with Crippen LogP contribution < -0.4 is 5.73 Å². The topological polar surface area (TPSA) is 43.8 Å². The molecule has 2 N–H and O–H groups in total. The standard InChI is InChI=1S/C16H16ClN3/c1-11(18)16(13-7-3-4-8-14(13)17)20-15-9-5-2-6-12(15)10-19-20/h2-11,16H,18H2,1H3. The maximum atomic E-state index is 6.33. The third-order valence-electron chi connectivity index (χ3n) is 3.49. The zero-order valence-corrected chi connectivity index (χ0v) is 12.0. The first kappa shape index (κ1) is 13.2. The second-order valence-electron chi connectivity index (χ2n) is 4.97. The monoisotopic (exact) mass is 285 g/mol. The Kier molecular flexibility index (Phi) is 3.47. The highest BCUT2D eigenvalue weighted by Gasteiger charge is 2.22. The molecule has 0 fully saturated rings. The van der Waals surface area contributed by atoms with Gasteiger partial charge in [0.2, 0.25) is 0 Å². The average Bonchev–Trinajstić information content (AvgIpc) is 2.85. The Hall–Kier alpha value is -1.84. The van der Waals surface area contributed by atoms with E-state index in [0.29, 0.717) is 0 Å². The molecule has 2 aromatic carbocycles. The van der Waals surface area contributed by atoms with Crippen molar-refractivity contribution in [2.75, 3.05) is 0 Å². The number of benzene rings is 2. The van der Waals surface area contributed by atoms with Crippen LogP contribution in [0.1, 0.15) is 18.5 Å². The fraction of sp³-hybridized carbons (Fsp3) is 0.188. The van der Waals surface area contributed by atoms with Crippen LogP contribution in [-0.4, -0.2) is 15.8 Å². The van der Waals surface area contributed by atoms with Crippen molar-refractivity contribution in [3.63, 3.8) is 0 Å². The normalized spacial score (nSPS) is 14.3. The number of nitrogens with two attached hydrogens (primary N) is 1. The molecule has 20 heavy (non-hydrogen) atoms. The van der Waals surface area contributed by atoms with Crippen molar-refractivity contribution in [3.05, 3.63) is 65.3 Å². The van der Waals surface area contributed by atoms with Gasteiger partial charge in [0.25, 0.3) is 0 Å². The summed E-state index contributed by atoms with van der Waals surface area (Å²) in [5.41, 5.74) is 8.26. The van der Waals surface area contributed by atoms with Crippen LogP contribution in [0, 0.1) is 0 Å². The number of halogens is 1. The van der Waals surface area contributed by atoms with Crippen LogP contribution in [0.3, 0.4) is 0 Å². The fourth-order valence-corrected chi connectivity index (χ4v) is 2.81. The van der Waals surface area contributed by atoms with E-state index in [1.165, 1.54) is 0 Å². The number of nitrogens with zero attached hydrogens (tertiary/aromatic N) is 2.